The van der Waals surface area contributed by atoms with Crippen LogP contribution in [0.3, 0.4) is 0 Å². The molecule has 4 nitrogen and oxygen atoms in total. The third-order valence-corrected chi connectivity index (χ3v) is 3.93. The largest absolute Gasteiger partial charge is 0.381 e. The molecule has 3 rings (SSSR count). The van der Waals surface area contributed by atoms with Crippen molar-refractivity contribution in [3.05, 3.63) is 64.7 Å². The number of methoxy groups -OCH3 is 1. The lowest BCUT2D eigenvalue weighted by Gasteiger charge is -2.18. The predicted molar refractivity (Wildman–Crippen MR) is 87.0 cm³/mol. The van der Waals surface area contributed by atoms with Gasteiger partial charge in [-0.15, -0.1) is 0 Å². The Morgan fingerprint density at radius 3 is 2.82 bits per heavy atom. The molecule has 1 heterocycles. The number of ether oxygens (including phenoxy) is 1. The summed E-state index contributed by atoms with van der Waals surface area (Å²) in [7, 11) is 1.71. The van der Waals surface area contributed by atoms with E-state index in [1.807, 2.05) is 24.3 Å². The Bertz CT molecular complexity index is 683. The molecule has 0 saturated carbocycles. The van der Waals surface area contributed by atoms with Crippen molar-refractivity contribution in [2.75, 3.05) is 19.0 Å². The van der Waals surface area contributed by atoms with Gasteiger partial charge in [-0.05, 0) is 41.3 Å². The molecule has 114 valence electrons. The number of rotatable bonds is 5. The molecule has 2 aromatic carbocycles. The van der Waals surface area contributed by atoms with Gasteiger partial charge in [-0.1, -0.05) is 24.3 Å². The molecule has 0 bridgehead atoms. The van der Waals surface area contributed by atoms with Gasteiger partial charge in [0.15, 0.2) is 0 Å². The highest BCUT2D eigenvalue weighted by Gasteiger charge is 2.16. The molecule has 0 aliphatic carbocycles. The summed E-state index contributed by atoms with van der Waals surface area (Å²) in [6, 6.07) is 14.2. The minimum atomic E-state index is 0.0261. The molecule has 0 aromatic heterocycles. The Morgan fingerprint density at radius 1 is 1.18 bits per heavy atom. The summed E-state index contributed by atoms with van der Waals surface area (Å²) in [5, 5.41) is 6.30. The third-order valence-electron chi connectivity index (χ3n) is 3.93. The van der Waals surface area contributed by atoms with E-state index in [1.165, 1.54) is 11.1 Å². The second-order valence-electron chi connectivity index (χ2n) is 5.43. The lowest BCUT2D eigenvalue weighted by atomic mass is 9.99. The average molecular weight is 296 g/mol. The maximum absolute atomic E-state index is 11.7. The van der Waals surface area contributed by atoms with Crippen molar-refractivity contribution >= 4 is 11.6 Å². The topological polar surface area (TPSA) is 50.4 Å². The summed E-state index contributed by atoms with van der Waals surface area (Å²) in [4.78, 5) is 11.7. The summed E-state index contributed by atoms with van der Waals surface area (Å²) < 4.78 is 5.23. The summed E-state index contributed by atoms with van der Waals surface area (Å²) in [6.45, 7) is 2.07. The van der Waals surface area contributed by atoms with Crippen LogP contribution in [0.4, 0.5) is 5.69 Å². The highest BCUT2D eigenvalue weighted by Crippen LogP contribution is 2.20. The Hall–Kier alpha value is -2.33. The molecule has 2 aromatic rings. The Kier molecular flexibility index (Phi) is 4.39. The van der Waals surface area contributed by atoms with Crippen molar-refractivity contribution in [1.82, 2.24) is 5.32 Å². The van der Waals surface area contributed by atoms with Gasteiger partial charge in [0, 0.05) is 31.5 Å². The summed E-state index contributed by atoms with van der Waals surface area (Å²) in [5.74, 6) is 0.0261. The van der Waals surface area contributed by atoms with Crippen LogP contribution in [-0.4, -0.2) is 19.6 Å². The van der Waals surface area contributed by atoms with Gasteiger partial charge >= 0.3 is 0 Å². The predicted octanol–water partition coefficient (Wildman–Crippen LogP) is 2.73. The smallest absolute Gasteiger partial charge is 0.251 e. The van der Waals surface area contributed by atoms with E-state index in [1.54, 1.807) is 7.11 Å². The molecule has 0 radical (unpaired) electrons. The summed E-state index contributed by atoms with van der Waals surface area (Å²) >= 11 is 0. The fraction of sp³-hybridized carbons (Fsp3) is 0.278. The number of amides is 1. The average Bonchev–Trinajstić information content (AvgIpc) is 2.54. The number of fused-ring (bicyclic) bond motifs is 1. The van der Waals surface area contributed by atoms with Gasteiger partial charge in [0.2, 0.25) is 0 Å². The lowest BCUT2D eigenvalue weighted by molar-refractivity contribution is 0.0946. The van der Waals surface area contributed by atoms with Crippen LogP contribution in [0, 0.1) is 0 Å². The summed E-state index contributed by atoms with van der Waals surface area (Å²) in [5.41, 5.74) is 5.35. The van der Waals surface area contributed by atoms with E-state index in [0.29, 0.717) is 13.2 Å². The molecule has 0 unspecified atom stereocenters. The first-order valence-electron chi connectivity index (χ1n) is 7.48. The molecule has 0 spiro atoms. The van der Waals surface area contributed by atoms with Gasteiger partial charge in [0.25, 0.3) is 5.91 Å². The first-order valence-corrected chi connectivity index (χ1v) is 7.48. The molecule has 2 N–H and O–H groups in total. The maximum Gasteiger partial charge on any atom is 0.251 e. The number of nitrogens with one attached hydrogen (secondary N) is 2. The monoisotopic (exact) mass is 296 g/mol. The third kappa shape index (κ3) is 3.12. The molecule has 0 saturated heterocycles. The van der Waals surface area contributed by atoms with Crippen LogP contribution in [0.25, 0.3) is 0 Å². The number of carbonyl (C=O) groups is 1. The zero-order chi connectivity index (χ0) is 15.4. The second kappa shape index (κ2) is 6.62. The minimum absolute atomic E-state index is 0.0261. The van der Waals surface area contributed by atoms with E-state index in [-0.39, 0.29) is 5.91 Å². The lowest BCUT2D eigenvalue weighted by Crippen LogP contribution is -2.31. The van der Waals surface area contributed by atoms with E-state index in [2.05, 4.69) is 28.8 Å². The first kappa shape index (κ1) is 14.6. The van der Waals surface area contributed by atoms with Crippen LogP contribution in [-0.2, 0) is 24.3 Å². The Morgan fingerprint density at radius 2 is 2.00 bits per heavy atom. The fourth-order valence-electron chi connectivity index (χ4n) is 2.76. The molecular formula is C18H20N2O2. The van der Waals surface area contributed by atoms with E-state index in [0.717, 1.165) is 29.8 Å². The van der Waals surface area contributed by atoms with Crippen molar-refractivity contribution in [3.8, 4) is 0 Å². The van der Waals surface area contributed by atoms with Gasteiger partial charge in [0.05, 0.1) is 6.61 Å². The number of hydrogen-bond donors (Lipinski definition) is 2. The van der Waals surface area contributed by atoms with Crippen LogP contribution in [0.2, 0.25) is 0 Å². The van der Waals surface area contributed by atoms with Crippen LogP contribution < -0.4 is 10.6 Å². The minimum Gasteiger partial charge on any atom is -0.381 e. The van der Waals surface area contributed by atoms with Crippen molar-refractivity contribution in [3.63, 3.8) is 0 Å². The number of benzene rings is 2. The summed E-state index contributed by atoms with van der Waals surface area (Å²) in [6.07, 6.45) is 0.886. The highest BCUT2D eigenvalue weighted by molar-refractivity contribution is 5.97. The maximum atomic E-state index is 11.7. The molecule has 0 fully saturated rings. The highest BCUT2D eigenvalue weighted by atomic mass is 16.5. The Labute approximate surface area is 130 Å². The fourth-order valence-corrected chi connectivity index (χ4v) is 2.76. The second-order valence-corrected chi connectivity index (χ2v) is 5.43. The van der Waals surface area contributed by atoms with Crippen molar-refractivity contribution < 1.29 is 9.53 Å². The zero-order valence-electron chi connectivity index (χ0n) is 12.7. The van der Waals surface area contributed by atoms with Crippen molar-refractivity contribution in [1.29, 1.82) is 0 Å². The number of anilines is 1. The van der Waals surface area contributed by atoms with Gasteiger partial charge in [-0.2, -0.15) is 0 Å². The van der Waals surface area contributed by atoms with E-state index in [4.69, 9.17) is 4.74 Å². The standard InChI is InChI=1S/C18H20N2O2/c1-22-12-15-5-3-2-4-14(15)11-20-16-6-7-17-13(10-16)8-9-19-18(17)21/h2-7,10,20H,8-9,11-12H2,1H3,(H,19,21). The molecule has 1 aliphatic heterocycles. The molecule has 0 atom stereocenters. The molecular weight excluding hydrogens is 276 g/mol. The molecule has 1 amide bonds. The molecule has 1 aliphatic rings. The van der Waals surface area contributed by atoms with Gasteiger partial charge in [-0.25, -0.2) is 0 Å². The first-order chi connectivity index (χ1) is 10.8. The van der Waals surface area contributed by atoms with E-state index < -0.39 is 0 Å². The van der Waals surface area contributed by atoms with Gasteiger partial charge < -0.3 is 15.4 Å². The molecule has 4 heteroatoms. The zero-order valence-corrected chi connectivity index (χ0v) is 12.7. The quantitative estimate of drug-likeness (QED) is 0.892. The van der Waals surface area contributed by atoms with E-state index >= 15 is 0 Å². The van der Waals surface area contributed by atoms with Gasteiger partial charge in [-0.3, -0.25) is 4.79 Å². The van der Waals surface area contributed by atoms with Crippen molar-refractivity contribution in [2.24, 2.45) is 0 Å². The van der Waals surface area contributed by atoms with Crippen molar-refractivity contribution in [2.45, 2.75) is 19.6 Å². The Balaban J connectivity index is 1.73. The van der Waals surface area contributed by atoms with E-state index in [9.17, 15) is 4.79 Å². The number of hydrogen-bond acceptors (Lipinski definition) is 3. The molecule has 22 heavy (non-hydrogen) atoms. The normalized spacial score (nSPS) is 13.4. The van der Waals surface area contributed by atoms with Crippen LogP contribution in [0.15, 0.2) is 42.5 Å². The van der Waals surface area contributed by atoms with Crippen LogP contribution in [0.1, 0.15) is 27.0 Å². The van der Waals surface area contributed by atoms with Crippen LogP contribution >= 0.6 is 0 Å². The number of carbonyl (C=O) groups excluding carboxylic acids is 1. The van der Waals surface area contributed by atoms with Crippen LogP contribution in [0.5, 0.6) is 0 Å². The SMILES string of the molecule is COCc1ccccc1CNc1ccc2c(c1)CCNC2=O. The van der Waals surface area contributed by atoms with Gasteiger partial charge in [0.1, 0.15) is 0 Å².